The average molecular weight is 279 g/mol. The molecule has 3 atom stereocenters. The number of rotatable bonds is 4. The molecule has 3 heterocycles. The van der Waals surface area contributed by atoms with Crippen LogP contribution in [0.25, 0.3) is 0 Å². The van der Waals surface area contributed by atoms with Crippen LogP contribution < -0.4 is 10.6 Å². The maximum Gasteiger partial charge on any atom is 0.220 e. The molecular weight excluding hydrogens is 250 g/mol. The normalized spacial score (nSPS) is 37.9. The van der Waals surface area contributed by atoms with Crippen LogP contribution in [0, 0.1) is 5.92 Å². The quantitative estimate of drug-likeness (QED) is 0.820. The van der Waals surface area contributed by atoms with Gasteiger partial charge in [-0.05, 0) is 57.5 Å². The molecule has 3 saturated heterocycles. The van der Waals surface area contributed by atoms with Gasteiger partial charge in [-0.25, -0.2) is 0 Å². The molecule has 3 rings (SSSR count). The third kappa shape index (κ3) is 3.53. The van der Waals surface area contributed by atoms with Gasteiger partial charge in [-0.3, -0.25) is 4.79 Å². The first-order chi connectivity index (χ1) is 9.72. The van der Waals surface area contributed by atoms with Gasteiger partial charge in [0.25, 0.3) is 0 Å². The molecule has 3 fully saturated rings. The Balaban J connectivity index is 1.43. The lowest BCUT2D eigenvalue weighted by Crippen LogP contribution is -2.48. The first kappa shape index (κ1) is 14.3. The van der Waals surface area contributed by atoms with Gasteiger partial charge in [-0.2, -0.15) is 0 Å². The van der Waals surface area contributed by atoms with E-state index in [0.717, 1.165) is 25.9 Å². The van der Waals surface area contributed by atoms with Gasteiger partial charge in [0.1, 0.15) is 0 Å². The van der Waals surface area contributed by atoms with Crippen LogP contribution in [0.4, 0.5) is 0 Å². The van der Waals surface area contributed by atoms with Crippen molar-refractivity contribution < 1.29 is 4.79 Å². The van der Waals surface area contributed by atoms with Gasteiger partial charge >= 0.3 is 0 Å². The van der Waals surface area contributed by atoms with Crippen LogP contribution in [-0.4, -0.2) is 48.6 Å². The summed E-state index contributed by atoms with van der Waals surface area (Å²) in [7, 11) is 0. The van der Waals surface area contributed by atoms with Crippen molar-refractivity contribution in [3.63, 3.8) is 0 Å². The average Bonchev–Trinajstić information content (AvgIpc) is 2.78. The zero-order chi connectivity index (χ0) is 13.9. The smallest absolute Gasteiger partial charge is 0.220 e. The molecule has 0 radical (unpaired) electrons. The molecule has 114 valence electrons. The molecule has 3 aliphatic rings. The third-order valence-corrected chi connectivity index (χ3v) is 5.36. The van der Waals surface area contributed by atoms with E-state index in [0.29, 0.717) is 30.0 Å². The SMILES string of the molecule is CCN1CCCC(NC(=O)CC2CC3CCC(C2)N3)C1. The van der Waals surface area contributed by atoms with Crippen LogP contribution in [0.15, 0.2) is 0 Å². The molecule has 4 nitrogen and oxygen atoms in total. The predicted molar refractivity (Wildman–Crippen MR) is 80.6 cm³/mol. The highest BCUT2D eigenvalue weighted by Gasteiger charge is 2.34. The summed E-state index contributed by atoms with van der Waals surface area (Å²) in [4.78, 5) is 14.7. The third-order valence-electron chi connectivity index (χ3n) is 5.36. The second-order valence-corrected chi connectivity index (χ2v) is 6.98. The maximum absolute atomic E-state index is 12.3. The molecule has 0 spiro atoms. The molecule has 0 saturated carbocycles. The van der Waals surface area contributed by atoms with E-state index in [4.69, 9.17) is 0 Å². The van der Waals surface area contributed by atoms with E-state index >= 15 is 0 Å². The number of nitrogens with one attached hydrogen (secondary N) is 2. The maximum atomic E-state index is 12.3. The van der Waals surface area contributed by atoms with Crippen molar-refractivity contribution in [1.29, 1.82) is 0 Å². The van der Waals surface area contributed by atoms with Crippen LogP contribution >= 0.6 is 0 Å². The number of hydrogen-bond donors (Lipinski definition) is 2. The number of carbonyl (C=O) groups excluding carboxylic acids is 1. The largest absolute Gasteiger partial charge is 0.352 e. The van der Waals surface area contributed by atoms with Crippen LogP contribution in [0.2, 0.25) is 0 Å². The molecular formula is C16H29N3O. The summed E-state index contributed by atoms with van der Waals surface area (Å²) in [5.74, 6) is 0.902. The Kier molecular flexibility index (Phi) is 4.61. The Hall–Kier alpha value is -0.610. The molecule has 4 heteroatoms. The summed E-state index contributed by atoms with van der Waals surface area (Å²) in [5, 5.41) is 6.93. The first-order valence-corrected chi connectivity index (χ1v) is 8.50. The Morgan fingerprint density at radius 1 is 1.25 bits per heavy atom. The van der Waals surface area contributed by atoms with Gasteiger partial charge in [0, 0.05) is 31.1 Å². The lowest BCUT2D eigenvalue weighted by atomic mass is 9.89. The highest BCUT2D eigenvalue weighted by molar-refractivity contribution is 5.76. The van der Waals surface area contributed by atoms with Crippen molar-refractivity contribution in [2.75, 3.05) is 19.6 Å². The van der Waals surface area contributed by atoms with Crippen molar-refractivity contribution in [1.82, 2.24) is 15.5 Å². The van der Waals surface area contributed by atoms with Crippen molar-refractivity contribution in [3.05, 3.63) is 0 Å². The molecule has 0 aromatic carbocycles. The van der Waals surface area contributed by atoms with Gasteiger partial charge < -0.3 is 15.5 Å². The molecule has 2 N–H and O–H groups in total. The lowest BCUT2D eigenvalue weighted by Gasteiger charge is -2.33. The second kappa shape index (κ2) is 6.44. The molecule has 0 aliphatic carbocycles. The summed E-state index contributed by atoms with van der Waals surface area (Å²) < 4.78 is 0. The zero-order valence-electron chi connectivity index (χ0n) is 12.7. The summed E-state index contributed by atoms with van der Waals surface area (Å²) in [6, 6.07) is 1.77. The summed E-state index contributed by atoms with van der Waals surface area (Å²) in [5.41, 5.74) is 0. The standard InChI is InChI=1S/C16H29N3O/c1-2-19-7-3-4-15(11-19)18-16(20)10-12-8-13-5-6-14(9-12)17-13/h12-15,17H,2-11H2,1H3,(H,18,20). The van der Waals surface area contributed by atoms with Crippen LogP contribution in [0.5, 0.6) is 0 Å². The van der Waals surface area contributed by atoms with Gasteiger partial charge in [0.15, 0.2) is 0 Å². The van der Waals surface area contributed by atoms with E-state index in [2.05, 4.69) is 22.5 Å². The first-order valence-electron chi connectivity index (χ1n) is 8.50. The van der Waals surface area contributed by atoms with E-state index in [1.54, 1.807) is 0 Å². The number of likely N-dealkylation sites (N-methyl/N-ethyl adjacent to an activating group) is 1. The number of amides is 1. The molecule has 1 amide bonds. The van der Waals surface area contributed by atoms with Gasteiger partial charge in [-0.15, -0.1) is 0 Å². The molecule has 2 bridgehead atoms. The Morgan fingerprint density at radius 3 is 2.70 bits per heavy atom. The van der Waals surface area contributed by atoms with Crippen molar-refractivity contribution in [2.24, 2.45) is 5.92 Å². The van der Waals surface area contributed by atoms with E-state index < -0.39 is 0 Å². The highest BCUT2D eigenvalue weighted by Crippen LogP contribution is 2.32. The predicted octanol–water partition coefficient (Wildman–Crippen LogP) is 1.51. The number of fused-ring (bicyclic) bond motifs is 2. The fourth-order valence-corrected chi connectivity index (χ4v) is 4.35. The van der Waals surface area contributed by atoms with Gasteiger partial charge in [0.05, 0.1) is 0 Å². The molecule has 20 heavy (non-hydrogen) atoms. The fourth-order valence-electron chi connectivity index (χ4n) is 4.35. The molecule has 0 aromatic heterocycles. The Labute approximate surface area is 122 Å². The number of carbonyl (C=O) groups is 1. The number of piperidine rings is 2. The Bertz CT molecular complexity index is 335. The monoisotopic (exact) mass is 279 g/mol. The molecule has 0 aromatic rings. The summed E-state index contributed by atoms with van der Waals surface area (Å²) in [6.45, 7) is 5.54. The van der Waals surface area contributed by atoms with Crippen molar-refractivity contribution in [2.45, 2.75) is 70.0 Å². The second-order valence-electron chi connectivity index (χ2n) is 6.98. The topological polar surface area (TPSA) is 44.4 Å². The van der Waals surface area contributed by atoms with E-state index in [1.165, 1.54) is 38.6 Å². The van der Waals surface area contributed by atoms with Gasteiger partial charge in [-0.1, -0.05) is 6.92 Å². The van der Waals surface area contributed by atoms with E-state index in [9.17, 15) is 4.79 Å². The van der Waals surface area contributed by atoms with Gasteiger partial charge in [0.2, 0.25) is 5.91 Å². The van der Waals surface area contributed by atoms with E-state index in [-0.39, 0.29) is 0 Å². The summed E-state index contributed by atoms with van der Waals surface area (Å²) >= 11 is 0. The number of hydrogen-bond acceptors (Lipinski definition) is 3. The number of likely N-dealkylation sites (tertiary alicyclic amines) is 1. The van der Waals surface area contributed by atoms with Crippen LogP contribution in [-0.2, 0) is 4.79 Å². The minimum absolute atomic E-state index is 0.291. The lowest BCUT2D eigenvalue weighted by molar-refractivity contribution is -0.123. The molecule has 3 aliphatic heterocycles. The van der Waals surface area contributed by atoms with Crippen molar-refractivity contribution in [3.8, 4) is 0 Å². The summed E-state index contributed by atoms with van der Waals surface area (Å²) in [6.07, 6.45) is 8.16. The van der Waals surface area contributed by atoms with Crippen LogP contribution in [0.1, 0.15) is 51.9 Å². The Morgan fingerprint density at radius 2 is 2.00 bits per heavy atom. The minimum Gasteiger partial charge on any atom is -0.352 e. The highest BCUT2D eigenvalue weighted by atomic mass is 16.1. The fraction of sp³-hybridized carbons (Fsp3) is 0.938. The van der Waals surface area contributed by atoms with Crippen molar-refractivity contribution >= 4 is 5.91 Å². The minimum atomic E-state index is 0.291. The van der Waals surface area contributed by atoms with E-state index in [1.807, 2.05) is 0 Å². The number of nitrogens with zero attached hydrogens (tertiary/aromatic N) is 1. The zero-order valence-corrected chi connectivity index (χ0v) is 12.7. The molecule has 3 unspecified atom stereocenters. The van der Waals surface area contributed by atoms with Crippen LogP contribution in [0.3, 0.4) is 0 Å².